The van der Waals surface area contributed by atoms with Gasteiger partial charge in [0.2, 0.25) is 0 Å². The van der Waals surface area contributed by atoms with Crippen LogP contribution in [0.3, 0.4) is 0 Å². The number of piperidine rings is 1. The van der Waals surface area contributed by atoms with E-state index in [1.54, 1.807) is 0 Å². The first-order valence-electron chi connectivity index (χ1n) is 5.78. The minimum Gasteiger partial charge on any atom is -0.327 e. The summed E-state index contributed by atoms with van der Waals surface area (Å²) in [5.74, 6) is 0.675. The number of halogens is 1. The summed E-state index contributed by atoms with van der Waals surface area (Å²) in [6, 6.07) is -0.0313. The normalized spacial score (nSPS) is 32.6. The lowest BCUT2D eigenvalue weighted by molar-refractivity contribution is 0.0768. The number of hydrogen-bond donors (Lipinski definition) is 2. The second kappa shape index (κ2) is 5.08. The third-order valence-corrected chi connectivity index (χ3v) is 3.64. The van der Waals surface area contributed by atoms with Crippen molar-refractivity contribution in [2.45, 2.75) is 51.2 Å². The topological polar surface area (TPSA) is 38.0 Å². The van der Waals surface area contributed by atoms with Gasteiger partial charge in [0.25, 0.3) is 0 Å². The van der Waals surface area contributed by atoms with E-state index in [1.807, 2.05) is 6.92 Å². The Morgan fingerprint density at radius 3 is 2.71 bits per heavy atom. The molecule has 3 unspecified atom stereocenters. The molecule has 0 amide bonds. The molecule has 1 heterocycles. The molecule has 84 valence electrons. The molecule has 3 atom stereocenters. The van der Waals surface area contributed by atoms with Crippen LogP contribution in [0.25, 0.3) is 0 Å². The summed E-state index contributed by atoms with van der Waals surface area (Å²) in [5.41, 5.74) is 4.32. The summed E-state index contributed by atoms with van der Waals surface area (Å²) >= 11 is 0. The van der Waals surface area contributed by atoms with Crippen LogP contribution in [0.1, 0.15) is 39.5 Å². The van der Waals surface area contributed by atoms with Crippen LogP contribution < -0.4 is 11.1 Å². The number of nitrogens with two attached hydrogens (primary N) is 1. The molecule has 0 radical (unpaired) electrons. The zero-order chi connectivity index (χ0) is 10.6. The molecule has 0 aromatic rings. The Labute approximate surface area is 86.4 Å². The predicted octanol–water partition coefficient (Wildman–Crippen LogP) is 1.84. The van der Waals surface area contributed by atoms with Crippen molar-refractivity contribution in [2.24, 2.45) is 11.7 Å². The first kappa shape index (κ1) is 11.9. The average molecular weight is 202 g/mol. The summed E-state index contributed by atoms with van der Waals surface area (Å²) in [6.07, 6.45) is 3.79. The van der Waals surface area contributed by atoms with Crippen LogP contribution in [0.15, 0.2) is 0 Å². The Kier molecular flexibility index (Phi) is 4.32. The van der Waals surface area contributed by atoms with Gasteiger partial charge in [-0.1, -0.05) is 20.3 Å². The van der Waals surface area contributed by atoms with E-state index in [0.29, 0.717) is 12.3 Å². The van der Waals surface area contributed by atoms with Gasteiger partial charge < -0.3 is 11.1 Å². The molecule has 14 heavy (non-hydrogen) atoms. The standard InChI is InChI=1S/C11H23FN2/c1-3-9-5-6-14-10(7-9)11(12,4-2)8-13/h9-10,14H,3-8,13H2,1-2H3. The smallest absolute Gasteiger partial charge is 0.138 e. The van der Waals surface area contributed by atoms with E-state index in [4.69, 9.17) is 5.73 Å². The van der Waals surface area contributed by atoms with Crippen LogP contribution in [0.4, 0.5) is 4.39 Å². The van der Waals surface area contributed by atoms with Gasteiger partial charge in [-0.25, -0.2) is 4.39 Å². The maximum Gasteiger partial charge on any atom is 0.138 e. The van der Waals surface area contributed by atoms with Crippen LogP contribution in [0, 0.1) is 5.92 Å². The van der Waals surface area contributed by atoms with Gasteiger partial charge in [0.05, 0.1) is 0 Å². The Bertz CT molecular complexity index is 169. The summed E-state index contributed by atoms with van der Waals surface area (Å²) in [5, 5.41) is 3.27. The van der Waals surface area contributed by atoms with Crippen LogP contribution >= 0.6 is 0 Å². The molecule has 3 heteroatoms. The molecule has 1 aliphatic heterocycles. The molecule has 0 aliphatic carbocycles. The van der Waals surface area contributed by atoms with Crippen molar-refractivity contribution < 1.29 is 4.39 Å². The SMILES string of the molecule is CCC1CCNC(C(F)(CC)CN)C1. The highest BCUT2D eigenvalue weighted by Gasteiger charge is 2.38. The highest BCUT2D eigenvalue weighted by molar-refractivity contribution is 4.95. The van der Waals surface area contributed by atoms with Crippen molar-refractivity contribution >= 4 is 0 Å². The zero-order valence-electron chi connectivity index (χ0n) is 9.35. The van der Waals surface area contributed by atoms with Crippen molar-refractivity contribution in [3.63, 3.8) is 0 Å². The van der Waals surface area contributed by atoms with E-state index in [-0.39, 0.29) is 12.6 Å². The van der Waals surface area contributed by atoms with Gasteiger partial charge in [-0.3, -0.25) is 0 Å². The van der Waals surface area contributed by atoms with Crippen molar-refractivity contribution in [3.05, 3.63) is 0 Å². The molecule has 1 fully saturated rings. The third-order valence-electron chi connectivity index (χ3n) is 3.64. The number of alkyl halides is 1. The molecule has 1 rings (SSSR count). The summed E-state index contributed by atoms with van der Waals surface area (Å²) in [6.45, 7) is 5.14. The van der Waals surface area contributed by atoms with Crippen LogP contribution in [-0.4, -0.2) is 24.8 Å². The van der Waals surface area contributed by atoms with E-state index in [9.17, 15) is 4.39 Å². The Morgan fingerprint density at radius 2 is 2.21 bits per heavy atom. The Balaban J connectivity index is 2.57. The van der Waals surface area contributed by atoms with E-state index < -0.39 is 5.67 Å². The Hall–Kier alpha value is -0.150. The number of nitrogens with one attached hydrogen (secondary N) is 1. The molecule has 1 saturated heterocycles. The third kappa shape index (κ3) is 2.45. The second-order valence-corrected chi connectivity index (χ2v) is 4.40. The summed E-state index contributed by atoms with van der Waals surface area (Å²) in [4.78, 5) is 0. The molecule has 1 aliphatic rings. The van der Waals surface area contributed by atoms with Gasteiger partial charge >= 0.3 is 0 Å². The lowest BCUT2D eigenvalue weighted by Crippen LogP contribution is -2.55. The molecule has 3 N–H and O–H groups in total. The fourth-order valence-corrected chi connectivity index (χ4v) is 2.29. The Morgan fingerprint density at radius 1 is 1.50 bits per heavy atom. The average Bonchev–Trinajstić information content (AvgIpc) is 2.28. The fraction of sp³-hybridized carbons (Fsp3) is 1.00. The molecule has 0 aromatic heterocycles. The van der Waals surface area contributed by atoms with Gasteiger partial charge in [-0.15, -0.1) is 0 Å². The first-order chi connectivity index (χ1) is 6.66. The van der Waals surface area contributed by atoms with Gasteiger partial charge in [0.15, 0.2) is 0 Å². The van der Waals surface area contributed by atoms with E-state index >= 15 is 0 Å². The maximum atomic E-state index is 14.3. The lowest BCUT2D eigenvalue weighted by atomic mass is 9.81. The van der Waals surface area contributed by atoms with Gasteiger partial charge in [-0.05, 0) is 31.7 Å². The van der Waals surface area contributed by atoms with Crippen molar-refractivity contribution in [3.8, 4) is 0 Å². The highest BCUT2D eigenvalue weighted by Crippen LogP contribution is 2.29. The molecule has 2 nitrogen and oxygen atoms in total. The van der Waals surface area contributed by atoms with E-state index in [0.717, 1.165) is 19.4 Å². The van der Waals surface area contributed by atoms with Gasteiger partial charge in [0, 0.05) is 12.6 Å². The first-order valence-corrected chi connectivity index (χ1v) is 5.78. The van der Waals surface area contributed by atoms with Crippen LogP contribution in [0.5, 0.6) is 0 Å². The lowest BCUT2D eigenvalue weighted by Gasteiger charge is -2.38. The zero-order valence-corrected chi connectivity index (χ0v) is 9.35. The van der Waals surface area contributed by atoms with Crippen LogP contribution in [-0.2, 0) is 0 Å². The summed E-state index contributed by atoms with van der Waals surface area (Å²) < 4.78 is 14.3. The molecular weight excluding hydrogens is 179 g/mol. The monoisotopic (exact) mass is 202 g/mol. The minimum atomic E-state index is -1.20. The van der Waals surface area contributed by atoms with Crippen molar-refractivity contribution in [2.75, 3.05) is 13.1 Å². The summed E-state index contributed by atoms with van der Waals surface area (Å²) in [7, 11) is 0. The maximum absolute atomic E-state index is 14.3. The molecule has 0 bridgehead atoms. The minimum absolute atomic E-state index is 0.0313. The van der Waals surface area contributed by atoms with Crippen molar-refractivity contribution in [1.29, 1.82) is 0 Å². The molecule has 0 spiro atoms. The molecule has 0 saturated carbocycles. The predicted molar refractivity (Wildman–Crippen MR) is 58.0 cm³/mol. The molecular formula is C11H23FN2. The van der Waals surface area contributed by atoms with Gasteiger partial charge in [0.1, 0.15) is 5.67 Å². The highest BCUT2D eigenvalue weighted by atomic mass is 19.1. The van der Waals surface area contributed by atoms with Crippen LogP contribution in [0.2, 0.25) is 0 Å². The number of rotatable bonds is 4. The second-order valence-electron chi connectivity index (χ2n) is 4.40. The largest absolute Gasteiger partial charge is 0.327 e. The molecule has 0 aromatic carbocycles. The van der Waals surface area contributed by atoms with E-state index in [2.05, 4.69) is 12.2 Å². The van der Waals surface area contributed by atoms with Crippen molar-refractivity contribution in [1.82, 2.24) is 5.32 Å². The quantitative estimate of drug-likeness (QED) is 0.730. The van der Waals surface area contributed by atoms with Gasteiger partial charge in [-0.2, -0.15) is 0 Å². The fourth-order valence-electron chi connectivity index (χ4n) is 2.29. The van der Waals surface area contributed by atoms with E-state index in [1.165, 1.54) is 6.42 Å². The number of hydrogen-bond acceptors (Lipinski definition) is 2.